The molecule has 0 radical (unpaired) electrons. The minimum atomic E-state index is -0.353. The van der Waals surface area contributed by atoms with Gasteiger partial charge in [0.1, 0.15) is 0 Å². The first-order valence-corrected chi connectivity index (χ1v) is 11.1. The van der Waals surface area contributed by atoms with E-state index in [2.05, 4.69) is 53.5 Å². The Morgan fingerprint density at radius 2 is 1.88 bits per heavy atom. The van der Waals surface area contributed by atoms with Gasteiger partial charge in [0.25, 0.3) is 0 Å². The van der Waals surface area contributed by atoms with Gasteiger partial charge in [0.15, 0.2) is 5.11 Å². The Kier molecular flexibility index (Phi) is 6.02. The summed E-state index contributed by atoms with van der Waals surface area (Å²) < 4.78 is 7.15. The minimum Gasteiger partial charge on any atom is -0.465 e. The molecular formula is C25H28N4O2S. The Balaban J connectivity index is 1.88. The summed E-state index contributed by atoms with van der Waals surface area (Å²) in [5, 5.41) is 4.22. The molecule has 166 valence electrons. The minimum absolute atomic E-state index is 0.0253. The lowest BCUT2D eigenvalue weighted by atomic mass is 9.96. The second kappa shape index (κ2) is 8.74. The zero-order valence-corrected chi connectivity index (χ0v) is 19.8. The van der Waals surface area contributed by atoms with Crippen molar-refractivity contribution >= 4 is 23.3 Å². The summed E-state index contributed by atoms with van der Waals surface area (Å²) in [6, 6.07) is 15.8. The van der Waals surface area contributed by atoms with E-state index in [1.54, 1.807) is 6.07 Å². The molecule has 0 amide bonds. The number of para-hydroxylation sites is 1. The molecule has 32 heavy (non-hydrogen) atoms. The molecule has 6 nitrogen and oxygen atoms in total. The molecule has 1 aliphatic heterocycles. The molecule has 0 aliphatic carbocycles. The van der Waals surface area contributed by atoms with Gasteiger partial charge in [-0.15, -0.1) is 0 Å². The van der Waals surface area contributed by atoms with E-state index in [1.807, 2.05) is 42.6 Å². The van der Waals surface area contributed by atoms with E-state index < -0.39 is 0 Å². The highest BCUT2D eigenvalue weighted by molar-refractivity contribution is 7.80. The first-order valence-electron chi connectivity index (χ1n) is 10.7. The van der Waals surface area contributed by atoms with E-state index in [9.17, 15) is 4.79 Å². The number of pyridine rings is 1. The highest BCUT2D eigenvalue weighted by Crippen LogP contribution is 2.42. The number of hydrogen-bond donors (Lipinski definition) is 1. The number of rotatable bonds is 5. The van der Waals surface area contributed by atoms with Crippen LogP contribution in [0.2, 0.25) is 0 Å². The number of carbonyl (C=O) groups excluding carboxylic acids is 1. The average molecular weight is 449 g/mol. The van der Waals surface area contributed by atoms with Crippen molar-refractivity contribution in [1.82, 2.24) is 19.8 Å². The molecule has 1 aromatic carbocycles. The van der Waals surface area contributed by atoms with Crippen molar-refractivity contribution in [3.05, 3.63) is 82.9 Å². The van der Waals surface area contributed by atoms with Crippen LogP contribution in [0, 0.1) is 13.8 Å². The molecule has 2 unspecified atom stereocenters. The van der Waals surface area contributed by atoms with Crippen LogP contribution in [-0.4, -0.2) is 38.7 Å². The Morgan fingerprint density at radius 1 is 1.16 bits per heavy atom. The smallest absolute Gasteiger partial charge is 0.339 e. The number of aryl methyl sites for hydroxylation is 1. The van der Waals surface area contributed by atoms with Crippen molar-refractivity contribution in [2.24, 2.45) is 0 Å². The SMILES string of the molecule is COC(=O)c1ccccc1-n1c(C)cc(C2C(c3ccccn3)NC(=S)N2C(C)C)c1C. The van der Waals surface area contributed by atoms with Crippen molar-refractivity contribution in [2.45, 2.75) is 45.8 Å². The molecule has 3 aromatic rings. The van der Waals surface area contributed by atoms with E-state index in [0.29, 0.717) is 5.56 Å². The summed E-state index contributed by atoms with van der Waals surface area (Å²) in [5.74, 6) is -0.353. The van der Waals surface area contributed by atoms with Crippen molar-refractivity contribution < 1.29 is 9.53 Å². The standard InChI is InChI=1S/C25H28N4O2S/c1-15(2)28-23(22(27-25(28)32)20-11-8-9-13-26-20)19-14-16(3)29(17(19)4)21-12-7-6-10-18(21)24(30)31-5/h6-15,22-23H,1-5H3,(H,27,32). The zero-order valence-electron chi connectivity index (χ0n) is 19.0. The second-order valence-electron chi connectivity index (χ2n) is 8.30. The molecule has 2 atom stereocenters. The molecule has 1 fully saturated rings. The first-order chi connectivity index (χ1) is 15.3. The Morgan fingerprint density at radius 3 is 2.53 bits per heavy atom. The third-order valence-corrected chi connectivity index (χ3v) is 6.36. The number of aromatic nitrogens is 2. The topological polar surface area (TPSA) is 59.4 Å². The van der Waals surface area contributed by atoms with E-state index >= 15 is 0 Å². The number of nitrogens with one attached hydrogen (secondary N) is 1. The molecule has 3 heterocycles. The summed E-state index contributed by atoms with van der Waals surface area (Å²) in [4.78, 5) is 19.3. The van der Waals surface area contributed by atoms with Crippen LogP contribution in [0.1, 0.15) is 58.9 Å². The quantitative estimate of drug-likeness (QED) is 0.453. The van der Waals surface area contributed by atoms with Crippen molar-refractivity contribution in [3.63, 3.8) is 0 Å². The highest BCUT2D eigenvalue weighted by Gasteiger charge is 2.42. The van der Waals surface area contributed by atoms with Crippen LogP contribution >= 0.6 is 12.2 Å². The fourth-order valence-corrected chi connectivity index (χ4v) is 5.11. The Bertz CT molecular complexity index is 1160. The van der Waals surface area contributed by atoms with Crippen molar-refractivity contribution in [3.8, 4) is 5.69 Å². The molecule has 7 heteroatoms. The summed E-state index contributed by atoms with van der Waals surface area (Å²) in [6.45, 7) is 8.44. The van der Waals surface area contributed by atoms with Gasteiger partial charge in [-0.25, -0.2) is 4.79 Å². The van der Waals surface area contributed by atoms with E-state index in [-0.39, 0.29) is 24.1 Å². The number of methoxy groups -OCH3 is 1. The van der Waals surface area contributed by atoms with Gasteiger partial charge in [-0.2, -0.15) is 0 Å². The van der Waals surface area contributed by atoms with Gasteiger partial charge < -0.3 is 19.5 Å². The predicted octanol–water partition coefficient (Wildman–Crippen LogP) is 4.66. The van der Waals surface area contributed by atoms with Crippen LogP contribution in [0.15, 0.2) is 54.7 Å². The highest BCUT2D eigenvalue weighted by atomic mass is 32.1. The fraction of sp³-hybridized carbons (Fsp3) is 0.320. The molecule has 0 saturated carbocycles. The van der Waals surface area contributed by atoms with Gasteiger partial charge in [-0.05, 0) is 75.8 Å². The van der Waals surface area contributed by atoms with E-state index in [0.717, 1.165) is 33.4 Å². The molecule has 0 bridgehead atoms. The van der Waals surface area contributed by atoms with Gasteiger partial charge in [-0.1, -0.05) is 18.2 Å². The van der Waals surface area contributed by atoms with Crippen molar-refractivity contribution in [1.29, 1.82) is 0 Å². The summed E-state index contributed by atoms with van der Waals surface area (Å²) in [6.07, 6.45) is 1.81. The molecular weight excluding hydrogens is 420 g/mol. The van der Waals surface area contributed by atoms with Crippen LogP contribution in [0.5, 0.6) is 0 Å². The molecule has 1 saturated heterocycles. The van der Waals surface area contributed by atoms with Crippen LogP contribution < -0.4 is 5.32 Å². The lowest BCUT2D eigenvalue weighted by Gasteiger charge is -2.31. The number of hydrogen-bond acceptors (Lipinski definition) is 4. The number of esters is 1. The van der Waals surface area contributed by atoms with E-state index in [1.165, 1.54) is 7.11 Å². The largest absolute Gasteiger partial charge is 0.465 e. The normalized spacial score (nSPS) is 18.2. The van der Waals surface area contributed by atoms with Crippen LogP contribution in [0.25, 0.3) is 5.69 Å². The molecule has 1 aliphatic rings. The number of thiocarbonyl (C=S) groups is 1. The van der Waals surface area contributed by atoms with Gasteiger partial charge in [-0.3, -0.25) is 4.98 Å². The van der Waals surface area contributed by atoms with Crippen LogP contribution in [-0.2, 0) is 4.74 Å². The van der Waals surface area contributed by atoms with Gasteiger partial charge in [0.2, 0.25) is 0 Å². The number of nitrogens with zero attached hydrogens (tertiary/aromatic N) is 3. The number of ether oxygens (including phenoxy) is 1. The maximum atomic E-state index is 12.4. The number of benzene rings is 1. The van der Waals surface area contributed by atoms with Gasteiger partial charge in [0.05, 0.1) is 36.1 Å². The predicted molar refractivity (Wildman–Crippen MR) is 129 cm³/mol. The van der Waals surface area contributed by atoms with Gasteiger partial charge >= 0.3 is 5.97 Å². The van der Waals surface area contributed by atoms with Crippen LogP contribution in [0.3, 0.4) is 0 Å². The summed E-state index contributed by atoms with van der Waals surface area (Å²) >= 11 is 5.74. The van der Waals surface area contributed by atoms with Crippen LogP contribution in [0.4, 0.5) is 0 Å². The third-order valence-electron chi connectivity index (χ3n) is 6.03. The Labute approximate surface area is 194 Å². The molecule has 1 N–H and O–H groups in total. The lowest BCUT2D eigenvalue weighted by Crippen LogP contribution is -2.35. The molecule has 0 spiro atoms. The molecule has 4 rings (SSSR count). The van der Waals surface area contributed by atoms with Gasteiger partial charge in [0, 0.05) is 23.6 Å². The lowest BCUT2D eigenvalue weighted by molar-refractivity contribution is 0.0600. The Hall–Kier alpha value is -3.19. The number of carbonyl (C=O) groups is 1. The monoisotopic (exact) mass is 448 g/mol. The molecule has 2 aromatic heterocycles. The second-order valence-corrected chi connectivity index (χ2v) is 8.68. The first kappa shape index (κ1) is 22.0. The summed E-state index contributed by atoms with van der Waals surface area (Å²) in [5.41, 5.74) is 5.53. The fourth-order valence-electron chi connectivity index (χ4n) is 4.66. The summed E-state index contributed by atoms with van der Waals surface area (Å²) in [7, 11) is 1.41. The maximum absolute atomic E-state index is 12.4. The maximum Gasteiger partial charge on any atom is 0.339 e. The van der Waals surface area contributed by atoms with E-state index in [4.69, 9.17) is 17.0 Å². The van der Waals surface area contributed by atoms with Crippen molar-refractivity contribution in [2.75, 3.05) is 7.11 Å². The zero-order chi connectivity index (χ0) is 23.0. The average Bonchev–Trinajstić information content (AvgIpc) is 3.29. The third kappa shape index (κ3) is 3.66.